The summed E-state index contributed by atoms with van der Waals surface area (Å²) in [6, 6.07) is 8.92. The first-order chi connectivity index (χ1) is 9.67. The van der Waals surface area contributed by atoms with Gasteiger partial charge in [0, 0.05) is 32.3 Å². The third-order valence-electron chi connectivity index (χ3n) is 2.78. The molecule has 1 atom stereocenters. The largest absolute Gasteiger partial charge is 0.380 e. The van der Waals surface area contributed by atoms with E-state index in [-0.39, 0.29) is 36.7 Å². The zero-order chi connectivity index (χ0) is 14.8. The predicted molar refractivity (Wildman–Crippen MR) is 83.5 cm³/mol. The summed E-state index contributed by atoms with van der Waals surface area (Å²) in [6.45, 7) is 1.05. The zero-order valence-electron chi connectivity index (χ0n) is 12.0. The molecule has 0 spiro atoms. The topological polar surface area (TPSA) is 93.4 Å². The van der Waals surface area contributed by atoms with E-state index in [2.05, 4.69) is 10.6 Å². The minimum Gasteiger partial charge on any atom is -0.380 e. The molecule has 21 heavy (non-hydrogen) atoms. The number of hydrogen-bond acceptors (Lipinski definition) is 4. The zero-order valence-corrected chi connectivity index (χ0v) is 12.8. The lowest BCUT2D eigenvalue weighted by molar-refractivity contribution is -0.123. The maximum absolute atomic E-state index is 11.7. The summed E-state index contributed by atoms with van der Waals surface area (Å²) in [6.07, 6.45) is -0.0477. The quantitative estimate of drug-likeness (QED) is 0.602. The van der Waals surface area contributed by atoms with Gasteiger partial charge in [0.1, 0.15) is 0 Å². The Labute approximate surface area is 130 Å². The minimum absolute atomic E-state index is 0. The van der Waals surface area contributed by atoms with Crippen LogP contribution in [0.25, 0.3) is 0 Å². The second kappa shape index (κ2) is 11.1. The molecular weight excluding hydrogens is 294 g/mol. The van der Waals surface area contributed by atoms with Crippen molar-refractivity contribution in [3.8, 4) is 0 Å². The van der Waals surface area contributed by atoms with Gasteiger partial charge in [0.15, 0.2) is 0 Å². The van der Waals surface area contributed by atoms with Gasteiger partial charge in [0.05, 0.1) is 12.5 Å². The minimum atomic E-state index is -0.270. The first-order valence-corrected chi connectivity index (χ1v) is 6.50. The highest BCUT2D eigenvalue weighted by Gasteiger charge is 2.10. The van der Waals surface area contributed by atoms with E-state index in [0.717, 1.165) is 0 Å². The maximum atomic E-state index is 11.7. The normalized spacial score (nSPS) is 11.1. The Morgan fingerprint density at radius 3 is 2.38 bits per heavy atom. The second-order valence-electron chi connectivity index (χ2n) is 4.27. The number of rotatable bonds is 8. The molecule has 0 bridgehead atoms. The van der Waals surface area contributed by atoms with Gasteiger partial charge in [0.2, 0.25) is 5.91 Å². The van der Waals surface area contributed by atoms with Gasteiger partial charge in [-0.25, -0.2) is 0 Å². The Balaban J connectivity index is 0.00000400. The molecule has 1 aromatic carbocycles. The van der Waals surface area contributed by atoms with E-state index in [1.54, 1.807) is 24.3 Å². The molecule has 0 aliphatic rings. The Morgan fingerprint density at radius 2 is 1.81 bits per heavy atom. The van der Waals surface area contributed by atoms with Crippen LogP contribution in [0.3, 0.4) is 0 Å². The number of nitrogens with one attached hydrogen (secondary N) is 2. The standard InChI is InChI=1S/C14H21N3O3.ClH/c1-20-12(10-15)9-13(18)16-7-8-17-14(19)11-5-3-2-4-6-11;/h2-6,12H,7-10,15H2,1H3,(H,16,18)(H,17,19);1H. The molecule has 7 heteroatoms. The molecule has 1 unspecified atom stereocenters. The van der Waals surface area contributed by atoms with Gasteiger partial charge in [-0.15, -0.1) is 12.4 Å². The average molecular weight is 316 g/mol. The lowest BCUT2D eigenvalue weighted by Gasteiger charge is -2.12. The molecule has 0 aliphatic heterocycles. The highest BCUT2D eigenvalue weighted by molar-refractivity contribution is 5.94. The van der Waals surface area contributed by atoms with E-state index in [1.807, 2.05) is 6.07 Å². The number of amides is 2. The van der Waals surface area contributed by atoms with Crippen LogP contribution in [0.4, 0.5) is 0 Å². The van der Waals surface area contributed by atoms with Crippen molar-refractivity contribution in [2.75, 3.05) is 26.7 Å². The fraction of sp³-hybridized carbons (Fsp3) is 0.429. The Morgan fingerprint density at radius 1 is 1.19 bits per heavy atom. The number of hydrogen-bond donors (Lipinski definition) is 3. The smallest absolute Gasteiger partial charge is 0.251 e. The fourth-order valence-corrected chi connectivity index (χ4v) is 1.61. The van der Waals surface area contributed by atoms with Crippen molar-refractivity contribution in [2.45, 2.75) is 12.5 Å². The molecule has 0 saturated carbocycles. The number of methoxy groups -OCH3 is 1. The Kier molecular flexibility index (Phi) is 10.2. The fourth-order valence-electron chi connectivity index (χ4n) is 1.61. The molecule has 0 aliphatic carbocycles. The van der Waals surface area contributed by atoms with Crippen molar-refractivity contribution in [1.82, 2.24) is 10.6 Å². The van der Waals surface area contributed by atoms with Crippen molar-refractivity contribution in [1.29, 1.82) is 0 Å². The Hall–Kier alpha value is -1.63. The van der Waals surface area contributed by atoms with Gasteiger partial charge in [-0.3, -0.25) is 9.59 Å². The number of carbonyl (C=O) groups is 2. The molecular formula is C14H22ClN3O3. The molecule has 0 saturated heterocycles. The first-order valence-electron chi connectivity index (χ1n) is 6.50. The molecule has 0 heterocycles. The highest BCUT2D eigenvalue weighted by Crippen LogP contribution is 1.97. The third-order valence-corrected chi connectivity index (χ3v) is 2.78. The molecule has 2 amide bonds. The average Bonchev–Trinajstić information content (AvgIpc) is 2.49. The maximum Gasteiger partial charge on any atom is 0.251 e. The second-order valence-corrected chi connectivity index (χ2v) is 4.27. The first kappa shape index (κ1) is 19.4. The van der Waals surface area contributed by atoms with Crippen molar-refractivity contribution >= 4 is 24.2 Å². The van der Waals surface area contributed by atoms with E-state index in [0.29, 0.717) is 25.2 Å². The number of benzene rings is 1. The van der Waals surface area contributed by atoms with Crippen LogP contribution in [0.15, 0.2) is 30.3 Å². The van der Waals surface area contributed by atoms with E-state index < -0.39 is 0 Å². The summed E-state index contributed by atoms with van der Waals surface area (Å²) >= 11 is 0. The Bertz CT molecular complexity index is 425. The van der Waals surface area contributed by atoms with Crippen LogP contribution in [0.5, 0.6) is 0 Å². The van der Waals surface area contributed by atoms with E-state index >= 15 is 0 Å². The van der Waals surface area contributed by atoms with Crippen LogP contribution in [0.1, 0.15) is 16.8 Å². The number of ether oxygens (including phenoxy) is 1. The lowest BCUT2D eigenvalue weighted by atomic mass is 10.2. The van der Waals surface area contributed by atoms with E-state index in [9.17, 15) is 9.59 Å². The van der Waals surface area contributed by atoms with Crippen LogP contribution in [0.2, 0.25) is 0 Å². The summed E-state index contributed by atoms with van der Waals surface area (Å²) in [5, 5.41) is 5.43. The molecule has 118 valence electrons. The number of carbonyl (C=O) groups excluding carboxylic acids is 2. The van der Waals surface area contributed by atoms with Gasteiger partial charge in [0.25, 0.3) is 5.91 Å². The third kappa shape index (κ3) is 7.65. The van der Waals surface area contributed by atoms with Crippen LogP contribution >= 0.6 is 12.4 Å². The van der Waals surface area contributed by atoms with Gasteiger partial charge >= 0.3 is 0 Å². The monoisotopic (exact) mass is 315 g/mol. The molecule has 0 radical (unpaired) electrons. The van der Waals surface area contributed by atoms with Crippen molar-refractivity contribution < 1.29 is 14.3 Å². The van der Waals surface area contributed by atoms with Crippen LogP contribution < -0.4 is 16.4 Å². The van der Waals surface area contributed by atoms with Crippen molar-refractivity contribution in [2.24, 2.45) is 5.73 Å². The highest BCUT2D eigenvalue weighted by atomic mass is 35.5. The lowest BCUT2D eigenvalue weighted by Crippen LogP contribution is -2.37. The van der Waals surface area contributed by atoms with Crippen LogP contribution in [0, 0.1) is 0 Å². The summed E-state index contributed by atoms with van der Waals surface area (Å²) in [5.74, 6) is -0.298. The summed E-state index contributed by atoms with van der Waals surface area (Å²) in [5.41, 5.74) is 6.03. The molecule has 0 fully saturated rings. The van der Waals surface area contributed by atoms with Gasteiger partial charge in [-0.05, 0) is 12.1 Å². The van der Waals surface area contributed by atoms with Crippen molar-refractivity contribution in [3.63, 3.8) is 0 Å². The number of halogens is 1. The van der Waals surface area contributed by atoms with Gasteiger partial charge < -0.3 is 21.1 Å². The van der Waals surface area contributed by atoms with E-state index in [4.69, 9.17) is 10.5 Å². The molecule has 0 aromatic heterocycles. The molecule has 6 nitrogen and oxygen atoms in total. The molecule has 4 N–H and O–H groups in total. The molecule has 1 rings (SSSR count). The summed E-state index contributed by atoms with van der Waals surface area (Å²) in [4.78, 5) is 23.2. The molecule has 1 aromatic rings. The van der Waals surface area contributed by atoms with Gasteiger partial charge in [-0.1, -0.05) is 18.2 Å². The summed E-state index contributed by atoms with van der Waals surface area (Å²) in [7, 11) is 1.52. The SMILES string of the molecule is COC(CN)CC(=O)NCCNC(=O)c1ccccc1.Cl. The number of nitrogens with two attached hydrogens (primary N) is 1. The van der Waals surface area contributed by atoms with E-state index in [1.165, 1.54) is 7.11 Å². The predicted octanol–water partition coefficient (Wildman–Crippen LogP) is 0.318. The summed E-state index contributed by atoms with van der Waals surface area (Å²) < 4.78 is 5.02. The van der Waals surface area contributed by atoms with Crippen LogP contribution in [-0.4, -0.2) is 44.7 Å². The van der Waals surface area contributed by atoms with Gasteiger partial charge in [-0.2, -0.15) is 0 Å². The van der Waals surface area contributed by atoms with Crippen LogP contribution in [-0.2, 0) is 9.53 Å². The van der Waals surface area contributed by atoms with Crippen molar-refractivity contribution in [3.05, 3.63) is 35.9 Å².